The molecule has 1 aromatic heterocycles. The van der Waals surface area contributed by atoms with Gasteiger partial charge in [0, 0.05) is 28.0 Å². The van der Waals surface area contributed by atoms with E-state index in [1.165, 1.54) is 0 Å². The smallest absolute Gasteiger partial charge is 0.251 e. The van der Waals surface area contributed by atoms with Crippen molar-refractivity contribution in [3.05, 3.63) is 23.4 Å². The zero-order valence-corrected chi connectivity index (χ0v) is 14.5. The standard InChI is InChI=1S/C15H26N4OS/c1-14(2,3)11-7-10(8-12(18-11)19-16)13(20)17-9-15(4,5)21-6/h7-8H,9,16H2,1-6H3,(H,17,20)(H,18,19). The molecule has 0 spiro atoms. The number of nitrogens with two attached hydrogens (primary N) is 1. The number of amides is 1. The summed E-state index contributed by atoms with van der Waals surface area (Å²) < 4.78 is 0.00446. The molecule has 1 heterocycles. The van der Waals surface area contributed by atoms with E-state index >= 15 is 0 Å². The number of hydrogen-bond acceptors (Lipinski definition) is 5. The molecule has 0 aliphatic carbocycles. The fraction of sp³-hybridized carbons (Fsp3) is 0.600. The van der Waals surface area contributed by atoms with Gasteiger partial charge in [-0.1, -0.05) is 20.8 Å². The second-order valence-electron chi connectivity index (χ2n) is 6.67. The van der Waals surface area contributed by atoms with Crippen LogP contribution in [0.25, 0.3) is 0 Å². The van der Waals surface area contributed by atoms with E-state index in [0.29, 0.717) is 17.9 Å². The molecule has 0 saturated carbocycles. The molecule has 0 bridgehead atoms. The Balaban J connectivity index is 2.99. The summed E-state index contributed by atoms with van der Waals surface area (Å²) in [5, 5.41) is 2.96. The van der Waals surface area contributed by atoms with E-state index in [1.54, 1.807) is 17.8 Å². The maximum Gasteiger partial charge on any atom is 0.251 e. The topological polar surface area (TPSA) is 80.0 Å². The van der Waals surface area contributed by atoms with Crippen LogP contribution in [0.1, 0.15) is 50.7 Å². The molecule has 1 rings (SSSR count). The van der Waals surface area contributed by atoms with Crippen molar-refractivity contribution in [2.24, 2.45) is 5.84 Å². The SMILES string of the molecule is CSC(C)(C)CNC(=O)c1cc(NN)nc(C(C)(C)C)c1. The van der Waals surface area contributed by atoms with Gasteiger partial charge in [-0.15, -0.1) is 0 Å². The van der Waals surface area contributed by atoms with Gasteiger partial charge in [0.2, 0.25) is 0 Å². The first-order valence-corrected chi connectivity index (χ1v) is 8.14. The highest BCUT2D eigenvalue weighted by atomic mass is 32.2. The van der Waals surface area contributed by atoms with Crippen molar-refractivity contribution in [2.45, 2.75) is 44.8 Å². The molecule has 118 valence electrons. The van der Waals surface area contributed by atoms with Crippen molar-refractivity contribution < 1.29 is 4.79 Å². The van der Waals surface area contributed by atoms with Crippen LogP contribution in [0.2, 0.25) is 0 Å². The van der Waals surface area contributed by atoms with Gasteiger partial charge in [0.1, 0.15) is 5.82 Å². The molecule has 0 fully saturated rings. The van der Waals surface area contributed by atoms with Gasteiger partial charge in [-0.3, -0.25) is 4.79 Å². The fourth-order valence-corrected chi connectivity index (χ4v) is 1.80. The summed E-state index contributed by atoms with van der Waals surface area (Å²) in [6.07, 6.45) is 2.03. The van der Waals surface area contributed by atoms with E-state index < -0.39 is 0 Å². The van der Waals surface area contributed by atoms with Crippen LogP contribution in [-0.4, -0.2) is 28.4 Å². The van der Waals surface area contributed by atoms with Crippen LogP contribution in [0, 0.1) is 0 Å². The van der Waals surface area contributed by atoms with Gasteiger partial charge in [-0.05, 0) is 32.2 Å². The van der Waals surface area contributed by atoms with Crippen LogP contribution >= 0.6 is 11.8 Å². The monoisotopic (exact) mass is 310 g/mol. The third-order valence-electron chi connectivity index (χ3n) is 3.23. The number of aromatic nitrogens is 1. The van der Waals surface area contributed by atoms with Crippen LogP contribution < -0.4 is 16.6 Å². The number of rotatable bonds is 5. The molecule has 4 N–H and O–H groups in total. The quantitative estimate of drug-likeness (QED) is 0.575. The van der Waals surface area contributed by atoms with E-state index in [-0.39, 0.29) is 16.1 Å². The molecule has 21 heavy (non-hydrogen) atoms. The highest BCUT2D eigenvalue weighted by Crippen LogP contribution is 2.24. The molecule has 0 aliphatic rings. The summed E-state index contributed by atoms with van der Waals surface area (Å²) in [7, 11) is 0. The second-order valence-corrected chi connectivity index (χ2v) is 8.18. The van der Waals surface area contributed by atoms with Crippen molar-refractivity contribution >= 4 is 23.5 Å². The summed E-state index contributed by atoms with van der Waals surface area (Å²) in [6.45, 7) is 10.9. The third kappa shape index (κ3) is 5.21. The van der Waals surface area contributed by atoms with Crippen molar-refractivity contribution in [3.63, 3.8) is 0 Å². The lowest BCUT2D eigenvalue weighted by molar-refractivity contribution is 0.0950. The molecule has 1 amide bonds. The largest absolute Gasteiger partial charge is 0.351 e. The summed E-state index contributed by atoms with van der Waals surface area (Å²) in [5.41, 5.74) is 3.77. The number of nitrogens with one attached hydrogen (secondary N) is 2. The number of anilines is 1. The normalized spacial score (nSPS) is 12.1. The predicted octanol–water partition coefficient (Wildman–Crippen LogP) is 2.54. The Morgan fingerprint density at radius 1 is 1.29 bits per heavy atom. The number of carbonyl (C=O) groups excluding carboxylic acids is 1. The first kappa shape index (κ1) is 17.8. The zero-order valence-electron chi connectivity index (χ0n) is 13.7. The molecule has 0 unspecified atom stereocenters. The van der Waals surface area contributed by atoms with E-state index in [1.807, 2.05) is 33.1 Å². The number of carbonyl (C=O) groups is 1. The van der Waals surface area contributed by atoms with Gasteiger partial charge in [0.15, 0.2) is 0 Å². The number of nitrogens with zero attached hydrogens (tertiary/aromatic N) is 1. The number of nitrogen functional groups attached to an aromatic ring is 1. The minimum atomic E-state index is -0.152. The molecule has 0 aliphatic heterocycles. The average molecular weight is 310 g/mol. The molecule has 0 aromatic carbocycles. The minimum Gasteiger partial charge on any atom is -0.351 e. The highest BCUT2D eigenvalue weighted by Gasteiger charge is 2.21. The van der Waals surface area contributed by atoms with Gasteiger partial charge in [-0.2, -0.15) is 11.8 Å². The van der Waals surface area contributed by atoms with Gasteiger partial charge < -0.3 is 10.7 Å². The Labute approximate surface area is 131 Å². The molecule has 0 atom stereocenters. The molecular formula is C15H26N4OS. The second kappa shape index (κ2) is 6.66. The van der Waals surface area contributed by atoms with Crippen molar-refractivity contribution in [1.82, 2.24) is 10.3 Å². The van der Waals surface area contributed by atoms with Crippen LogP contribution in [0.5, 0.6) is 0 Å². The number of thioether (sulfide) groups is 1. The molecular weight excluding hydrogens is 284 g/mol. The summed E-state index contributed by atoms with van der Waals surface area (Å²) in [4.78, 5) is 16.7. The summed E-state index contributed by atoms with van der Waals surface area (Å²) in [6, 6.07) is 3.49. The maximum atomic E-state index is 12.3. The first-order valence-electron chi connectivity index (χ1n) is 6.91. The Morgan fingerprint density at radius 3 is 2.38 bits per heavy atom. The fourth-order valence-electron chi connectivity index (χ4n) is 1.59. The lowest BCUT2D eigenvalue weighted by Gasteiger charge is -2.23. The lowest BCUT2D eigenvalue weighted by atomic mass is 9.90. The van der Waals surface area contributed by atoms with Gasteiger partial charge in [0.25, 0.3) is 5.91 Å². The van der Waals surface area contributed by atoms with Gasteiger partial charge >= 0.3 is 0 Å². The van der Waals surface area contributed by atoms with Crippen LogP contribution in [-0.2, 0) is 5.41 Å². The maximum absolute atomic E-state index is 12.3. The Morgan fingerprint density at radius 2 is 1.90 bits per heavy atom. The van der Waals surface area contributed by atoms with E-state index in [0.717, 1.165) is 5.69 Å². The van der Waals surface area contributed by atoms with Crippen molar-refractivity contribution in [2.75, 3.05) is 18.2 Å². The molecule has 0 saturated heterocycles. The van der Waals surface area contributed by atoms with Crippen molar-refractivity contribution in [3.8, 4) is 0 Å². The van der Waals surface area contributed by atoms with Crippen LogP contribution in [0.3, 0.4) is 0 Å². The van der Waals surface area contributed by atoms with E-state index in [2.05, 4.69) is 29.6 Å². The van der Waals surface area contributed by atoms with E-state index in [4.69, 9.17) is 5.84 Å². The molecule has 0 radical (unpaired) electrons. The number of hydrogen-bond donors (Lipinski definition) is 3. The average Bonchev–Trinajstić information content (AvgIpc) is 2.43. The van der Waals surface area contributed by atoms with E-state index in [9.17, 15) is 4.79 Å². The minimum absolute atomic E-state index is 0.00446. The molecule has 5 nitrogen and oxygen atoms in total. The van der Waals surface area contributed by atoms with Crippen molar-refractivity contribution in [1.29, 1.82) is 0 Å². The van der Waals surface area contributed by atoms with Gasteiger partial charge in [-0.25, -0.2) is 10.8 Å². The van der Waals surface area contributed by atoms with Crippen LogP contribution in [0.15, 0.2) is 12.1 Å². The Bertz CT molecular complexity index is 509. The lowest BCUT2D eigenvalue weighted by Crippen LogP contribution is -2.36. The highest BCUT2D eigenvalue weighted by molar-refractivity contribution is 7.99. The predicted molar refractivity (Wildman–Crippen MR) is 90.7 cm³/mol. The first-order chi connectivity index (χ1) is 9.59. The van der Waals surface area contributed by atoms with Crippen LogP contribution in [0.4, 0.5) is 5.82 Å². The molecule has 6 heteroatoms. The Kier molecular flexibility index (Phi) is 5.64. The number of hydrazine groups is 1. The zero-order chi connectivity index (χ0) is 16.3. The summed E-state index contributed by atoms with van der Waals surface area (Å²) in [5.74, 6) is 5.84. The van der Waals surface area contributed by atoms with Gasteiger partial charge in [0.05, 0.1) is 0 Å². The summed E-state index contributed by atoms with van der Waals surface area (Å²) >= 11 is 1.72. The Hall–Kier alpha value is -1.27. The number of pyridine rings is 1. The third-order valence-corrected chi connectivity index (χ3v) is 4.48. The molecule has 1 aromatic rings.